The van der Waals surface area contributed by atoms with Crippen LogP contribution in [0.4, 0.5) is 5.82 Å². The second kappa shape index (κ2) is 3.39. The Labute approximate surface area is 65.8 Å². The maximum Gasteiger partial charge on any atom is 0.144 e. The number of hydrogen-bond donors (Lipinski definition) is 2. The largest absolute Gasteiger partial charge is 0.384 e. The van der Waals surface area contributed by atoms with Crippen LogP contribution in [0.25, 0.3) is 0 Å². The van der Waals surface area contributed by atoms with Gasteiger partial charge in [-0.3, -0.25) is 0 Å². The molecule has 3 N–H and O–H groups in total. The molecule has 62 valence electrons. The summed E-state index contributed by atoms with van der Waals surface area (Å²) in [5.41, 5.74) is 6.46. The molecule has 4 heteroatoms. The van der Waals surface area contributed by atoms with Crippen LogP contribution < -0.4 is 5.73 Å². The van der Waals surface area contributed by atoms with Gasteiger partial charge < -0.3 is 15.5 Å². The molecule has 0 spiro atoms. The van der Waals surface area contributed by atoms with E-state index in [-0.39, 0.29) is 0 Å². The van der Waals surface area contributed by atoms with Crippen molar-refractivity contribution in [3.05, 3.63) is 11.5 Å². The lowest BCUT2D eigenvalue weighted by molar-refractivity contribution is 0.200. The molecule has 0 saturated carbocycles. The van der Waals surface area contributed by atoms with Gasteiger partial charge in [-0.2, -0.15) is 0 Å². The fourth-order valence-corrected chi connectivity index (χ4v) is 0.855. The first kappa shape index (κ1) is 8.07. The lowest BCUT2D eigenvalue weighted by Gasteiger charge is -1.92. The predicted octanol–water partition coefficient (Wildman–Crippen LogP) is 0.489. The topological polar surface area (TPSA) is 63.9 Å². The molecule has 0 aliphatic carbocycles. The van der Waals surface area contributed by atoms with Crippen LogP contribution >= 0.6 is 0 Å². The molecule has 0 saturated heterocycles. The number of nitrogens with two attached hydrogens (primary N) is 1. The van der Waals surface area contributed by atoms with Crippen molar-refractivity contribution in [1.82, 2.24) is 9.97 Å². The number of anilines is 1. The van der Waals surface area contributed by atoms with Crippen LogP contribution in [0.5, 0.6) is 0 Å². The van der Waals surface area contributed by atoms with E-state index in [1.807, 2.05) is 6.92 Å². The van der Waals surface area contributed by atoms with E-state index < -0.39 is 0 Å². The molecule has 0 aliphatic heterocycles. The van der Waals surface area contributed by atoms with Gasteiger partial charge in [0.2, 0.25) is 0 Å². The monoisotopic (exact) mass is 155 g/mol. The SMILES string of the molecule is COCCc1nc(N)c(C)[nH]1. The third-order valence-electron chi connectivity index (χ3n) is 1.51. The molecule has 1 aromatic rings. The van der Waals surface area contributed by atoms with Crippen molar-refractivity contribution in [1.29, 1.82) is 0 Å². The van der Waals surface area contributed by atoms with E-state index >= 15 is 0 Å². The number of rotatable bonds is 3. The number of nitrogen functional groups attached to an aromatic ring is 1. The Morgan fingerprint density at radius 3 is 2.82 bits per heavy atom. The van der Waals surface area contributed by atoms with E-state index in [4.69, 9.17) is 10.5 Å². The Bertz CT molecular complexity index is 212. The first-order valence-electron chi connectivity index (χ1n) is 3.54. The highest BCUT2D eigenvalue weighted by molar-refractivity contribution is 5.34. The van der Waals surface area contributed by atoms with Crippen molar-refractivity contribution < 1.29 is 4.74 Å². The number of nitrogens with zero attached hydrogens (tertiary/aromatic N) is 1. The van der Waals surface area contributed by atoms with Gasteiger partial charge in [-0.25, -0.2) is 4.98 Å². The summed E-state index contributed by atoms with van der Waals surface area (Å²) in [5.74, 6) is 1.47. The lowest BCUT2D eigenvalue weighted by atomic mass is 10.4. The molecule has 11 heavy (non-hydrogen) atoms. The van der Waals surface area contributed by atoms with E-state index in [9.17, 15) is 0 Å². The van der Waals surface area contributed by atoms with Gasteiger partial charge in [-0.1, -0.05) is 0 Å². The first-order chi connectivity index (χ1) is 5.24. The van der Waals surface area contributed by atoms with Crippen LogP contribution in [0.15, 0.2) is 0 Å². The predicted molar refractivity (Wildman–Crippen MR) is 43.3 cm³/mol. The van der Waals surface area contributed by atoms with E-state index in [1.54, 1.807) is 7.11 Å². The smallest absolute Gasteiger partial charge is 0.144 e. The van der Waals surface area contributed by atoms with Crippen LogP contribution in [0, 0.1) is 6.92 Å². The highest BCUT2D eigenvalue weighted by Gasteiger charge is 2.01. The Balaban J connectivity index is 2.58. The molecule has 0 fully saturated rings. The molecule has 0 radical (unpaired) electrons. The minimum Gasteiger partial charge on any atom is -0.384 e. The molecule has 4 nitrogen and oxygen atoms in total. The van der Waals surface area contributed by atoms with Crippen LogP contribution in [-0.2, 0) is 11.2 Å². The molecule has 1 aromatic heterocycles. The van der Waals surface area contributed by atoms with Crippen LogP contribution in [0.1, 0.15) is 11.5 Å². The number of ether oxygens (including phenoxy) is 1. The van der Waals surface area contributed by atoms with Gasteiger partial charge in [0.25, 0.3) is 0 Å². The average molecular weight is 155 g/mol. The van der Waals surface area contributed by atoms with Crippen molar-refractivity contribution in [2.24, 2.45) is 0 Å². The molecule has 0 aromatic carbocycles. The summed E-state index contributed by atoms with van der Waals surface area (Å²) in [4.78, 5) is 7.15. The molecule has 0 bridgehead atoms. The number of imidazole rings is 1. The van der Waals surface area contributed by atoms with E-state index in [0.29, 0.717) is 12.4 Å². The van der Waals surface area contributed by atoms with Crippen molar-refractivity contribution in [2.75, 3.05) is 19.5 Å². The highest BCUT2D eigenvalue weighted by atomic mass is 16.5. The van der Waals surface area contributed by atoms with Gasteiger partial charge in [-0.15, -0.1) is 0 Å². The van der Waals surface area contributed by atoms with Gasteiger partial charge in [0.1, 0.15) is 11.6 Å². The minimum absolute atomic E-state index is 0.580. The van der Waals surface area contributed by atoms with Gasteiger partial charge >= 0.3 is 0 Å². The summed E-state index contributed by atoms with van der Waals surface area (Å²) >= 11 is 0. The number of hydrogen-bond acceptors (Lipinski definition) is 3. The molecule has 0 atom stereocenters. The van der Waals surface area contributed by atoms with Crippen LogP contribution in [0.3, 0.4) is 0 Å². The fraction of sp³-hybridized carbons (Fsp3) is 0.571. The third kappa shape index (κ3) is 1.94. The molecule has 0 aliphatic rings. The zero-order chi connectivity index (χ0) is 8.27. The number of nitrogens with one attached hydrogen (secondary N) is 1. The van der Waals surface area contributed by atoms with Crippen molar-refractivity contribution in [2.45, 2.75) is 13.3 Å². The van der Waals surface area contributed by atoms with Gasteiger partial charge in [0, 0.05) is 13.5 Å². The number of aryl methyl sites for hydroxylation is 1. The highest BCUT2D eigenvalue weighted by Crippen LogP contribution is 2.05. The Morgan fingerprint density at radius 2 is 2.36 bits per heavy atom. The van der Waals surface area contributed by atoms with Crippen molar-refractivity contribution in [3.63, 3.8) is 0 Å². The number of aromatic nitrogens is 2. The van der Waals surface area contributed by atoms with Gasteiger partial charge in [0.15, 0.2) is 0 Å². The molecule has 0 unspecified atom stereocenters. The van der Waals surface area contributed by atoms with Gasteiger partial charge in [0.05, 0.1) is 12.3 Å². The Kier molecular flexibility index (Phi) is 2.48. The summed E-state index contributed by atoms with van der Waals surface area (Å²) in [7, 11) is 1.67. The summed E-state index contributed by atoms with van der Waals surface area (Å²) in [6.07, 6.45) is 0.786. The molecule has 1 rings (SSSR count). The molecule has 1 heterocycles. The minimum atomic E-state index is 0.580. The molecular weight excluding hydrogens is 142 g/mol. The molecular formula is C7H13N3O. The van der Waals surface area contributed by atoms with E-state index in [0.717, 1.165) is 17.9 Å². The van der Waals surface area contributed by atoms with Crippen molar-refractivity contribution >= 4 is 5.82 Å². The summed E-state index contributed by atoms with van der Waals surface area (Å²) in [6.45, 7) is 2.57. The van der Waals surface area contributed by atoms with Crippen LogP contribution in [-0.4, -0.2) is 23.7 Å². The second-order valence-corrected chi connectivity index (χ2v) is 2.44. The maximum absolute atomic E-state index is 5.53. The second-order valence-electron chi connectivity index (χ2n) is 2.44. The maximum atomic E-state index is 5.53. The summed E-state index contributed by atoms with van der Waals surface area (Å²) in [5, 5.41) is 0. The quantitative estimate of drug-likeness (QED) is 0.667. The number of aromatic amines is 1. The Morgan fingerprint density at radius 1 is 1.64 bits per heavy atom. The average Bonchev–Trinajstić information content (AvgIpc) is 2.28. The van der Waals surface area contributed by atoms with E-state index in [2.05, 4.69) is 9.97 Å². The summed E-state index contributed by atoms with van der Waals surface area (Å²) < 4.78 is 4.89. The fourth-order valence-electron chi connectivity index (χ4n) is 0.855. The lowest BCUT2D eigenvalue weighted by Crippen LogP contribution is -1.96. The zero-order valence-corrected chi connectivity index (χ0v) is 6.85. The number of H-pyrrole nitrogens is 1. The van der Waals surface area contributed by atoms with Crippen molar-refractivity contribution in [3.8, 4) is 0 Å². The van der Waals surface area contributed by atoms with E-state index in [1.165, 1.54) is 0 Å². The van der Waals surface area contributed by atoms with Crippen LogP contribution in [0.2, 0.25) is 0 Å². The molecule has 0 amide bonds. The third-order valence-corrected chi connectivity index (χ3v) is 1.51. The summed E-state index contributed by atoms with van der Waals surface area (Å²) in [6, 6.07) is 0. The zero-order valence-electron chi connectivity index (χ0n) is 6.85. The normalized spacial score (nSPS) is 10.4. The Hall–Kier alpha value is -1.03. The first-order valence-corrected chi connectivity index (χ1v) is 3.54. The standard InChI is InChI=1S/C7H13N3O/c1-5-7(8)10-6(9-5)3-4-11-2/h3-4,8H2,1-2H3,(H,9,10). The number of methoxy groups -OCH3 is 1. The van der Waals surface area contributed by atoms with Gasteiger partial charge in [-0.05, 0) is 6.92 Å².